The molecule has 1 fully saturated rings. The van der Waals surface area contributed by atoms with Crippen molar-refractivity contribution >= 4 is 5.96 Å². The number of aliphatic imine (C=N–C) groups is 1. The van der Waals surface area contributed by atoms with Crippen LogP contribution in [-0.4, -0.2) is 49.6 Å². The Kier molecular flexibility index (Phi) is 6.87. The third-order valence-corrected chi connectivity index (χ3v) is 5.52. The third kappa shape index (κ3) is 5.32. The van der Waals surface area contributed by atoms with Gasteiger partial charge in [0.25, 0.3) is 0 Å². The average molecular weight is 370 g/mol. The Morgan fingerprint density at radius 2 is 2.07 bits per heavy atom. The molecule has 1 aliphatic carbocycles. The van der Waals surface area contributed by atoms with Gasteiger partial charge in [-0.15, -0.1) is 0 Å². The van der Waals surface area contributed by atoms with Crippen molar-refractivity contribution in [3.8, 4) is 5.69 Å². The molecule has 2 N–H and O–H groups in total. The third-order valence-electron chi connectivity index (χ3n) is 5.52. The molecule has 0 saturated heterocycles. The Morgan fingerprint density at radius 3 is 2.67 bits per heavy atom. The molecule has 0 amide bonds. The number of nitrogens with zero attached hydrogens (tertiary/aromatic N) is 3. The molecule has 1 aliphatic rings. The van der Waals surface area contributed by atoms with E-state index in [2.05, 4.69) is 45.0 Å². The van der Waals surface area contributed by atoms with Gasteiger partial charge in [-0.1, -0.05) is 18.6 Å². The largest absolute Gasteiger partial charge is 0.385 e. The summed E-state index contributed by atoms with van der Waals surface area (Å²) in [6, 6.07) is 10.4. The van der Waals surface area contributed by atoms with E-state index in [4.69, 9.17) is 4.74 Å². The van der Waals surface area contributed by atoms with E-state index in [0.29, 0.717) is 5.41 Å². The van der Waals surface area contributed by atoms with Gasteiger partial charge in [0.15, 0.2) is 5.96 Å². The molecule has 2 aromatic rings. The number of ether oxygens (including phenoxy) is 1. The van der Waals surface area contributed by atoms with Crippen LogP contribution in [0.3, 0.4) is 0 Å². The molecule has 0 atom stereocenters. The van der Waals surface area contributed by atoms with Gasteiger partial charge in [0.2, 0.25) is 0 Å². The van der Waals surface area contributed by atoms with E-state index in [9.17, 15) is 0 Å². The lowest BCUT2D eigenvalue weighted by Gasteiger charge is -2.42. The fraction of sp³-hybridized carbons (Fsp3) is 0.524. The van der Waals surface area contributed by atoms with Gasteiger partial charge in [0.05, 0.1) is 5.69 Å². The standard InChI is InChI=1S/C21H31N5O/c1-22-20(24-17-21(10-3-11-21)12-16-27-2)23-14-9-18-5-7-19(8-6-18)26-15-4-13-25-26/h4-8,13,15H,3,9-12,14,16-17H2,1-2H3,(H2,22,23,24). The normalized spacial score (nSPS) is 16.0. The molecule has 6 heteroatoms. The van der Waals surface area contributed by atoms with E-state index >= 15 is 0 Å². The minimum atomic E-state index is 0.385. The monoisotopic (exact) mass is 369 g/mol. The second kappa shape index (κ2) is 9.55. The van der Waals surface area contributed by atoms with Gasteiger partial charge in [0, 0.05) is 46.2 Å². The number of nitrogens with one attached hydrogen (secondary N) is 2. The summed E-state index contributed by atoms with van der Waals surface area (Å²) in [4.78, 5) is 4.36. The summed E-state index contributed by atoms with van der Waals surface area (Å²) in [6.07, 6.45) is 9.70. The summed E-state index contributed by atoms with van der Waals surface area (Å²) < 4.78 is 7.14. The van der Waals surface area contributed by atoms with Crippen LogP contribution < -0.4 is 10.6 Å². The summed E-state index contributed by atoms with van der Waals surface area (Å²) in [5.41, 5.74) is 2.76. The molecule has 27 heavy (non-hydrogen) atoms. The van der Waals surface area contributed by atoms with Gasteiger partial charge in [-0.05, 0) is 54.9 Å². The molecule has 1 heterocycles. The first-order valence-corrected chi connectivity index (χ1v) is 9.77. The second-order valence-electron chi connectivity index (χ2n) is 7.32. The van der Waals surface area contributed by atoms with Crippen LogP contribution in [0.15, 0.2) is 47.7 Å². The topological polar surface area (TPSA) is 63.5 Å². The van der Waals surface area contributed by atoms with Crippen LogP contribution in [0.4, 0.5) is 0 Å². The lowest BCUT2D eigenvalue weighted by atomic mass is 9.67. The van der Waals surface area contributed by atoms with Crippen LogP contribution >= 0.6 is 0 Å². The van der Waals surface area contributed by atoms with Crippen LogP contribution in [0.2, 0.25) is 0 Å². The zero-order valence-corrected chi connectivity index (χ0v) is 16.4. The highest BCUT2D eigenvalue weighted by Gasteiger charge is 2.36. The first-order valence-electron chi connectivity index (χ1n) is 9.77. The Hall–Kier alpha value is -2.34. The lowest BCUT2D eigenvalue weighted by Crippen LogP contribution is -2.47. The van der Waals surface area contributed by atoms with Crippen molar-refractivity contribution in [2.45, 2.75) is 32.1 Å². The average Bonchev–Trinajstić information content (AvgIpc) is 3.20. The number of methoxy groups -OCH3 is 1. The quantitative estimate of drug-likeness (QED) is 0.527. The van der Waals surface area contributed by atoms with Crippen LogP contribution in [0.25, 0.3) is 5.69 Å². The summed E-state index contributed by atoms with van der Waals surface area (Å²) in [7, 11) is 3.61. The highest BCUT2D eigenvalue weighted by molar-refractivity contribution is 5.79. The number of aromatic nitrogens is 2. The first kappa shape index (κ1) is 19.4. The number of hydrogen-bond acceptors (Lipinski definition) is 3. The molecule has 0 unspecified atom stereocenters. The molecule has 0 radical (unpaired) electrons. The molecule has 146 valence electrons. The highest BCUT2D eigenvalue weighted by Crippen LogP contribution is 2.43. The molecule has 0 bridgehead atoms. The van der Waals surface area contributed by atoms with Gasteiger partial charge >= 0.3 is 0 Å². The second-order valence-corrected chi connectivity index (χ2v) is 7.32. The van der Waals surface area contributed by atoms with E-state index in [1.165, 1.54) is 24.8 Å². The smallest absolute Gasteiger partial charge is 0.191 e. The molecule has 1 aromatic heterocycles. The first-order chi connectivity index (χ1) is 13.2. The minimum Gasteiger partial charge on any atom is -0.385 e. The summed E-state index contributed by atoms with van der Waals surface area (Å²) >= 11 is 0. The fourth-order valence-electron chi connectivity index (χ4n) is 3.56. The molecule has 0 spiro atoms. The predicted molar refractivity (Wildman–Crippen MR) is 109 cm³/mol. The molecular formula is C21H31N5O. The molecule has 1 saturated carbocycles. The Balaban J connectivity index is 1.42. The van der Waals surface area contributed by atoms with Crippen molar-refractivity contribution < 1.29 is 4.74 Å². The molecule has 3 rings (SSSR count). The van der Waals surface area contributed by atoms with Crippen LogP contribution in [0.5, 0.6) is 0 Å². The van der Waals surface area contributed by atoms with Crippen LogP contribution in [0, 0.1) is 5.41 Å². The molecule has 0 aliphatic heterocycles. The van der Waals surface area contributed by atoms with Gasteiger partial charge in [-0.25, -0.2) is 4.68 Å². The van der Waals surface area contributed by atoms with E-state index in [1.54, 1.807) is 13.3 Å². The summed E-state index contributed by atoms with van der Waals surface area (Å²) in [5.74, 6) is 0.881. The van der Waals surface area contributed by atoms with Crippen molar-refractivity contribution in [1.29, 1.82) is 0 Å². The Labute approximate surface area is 162 Å². The van der Waals surface area contributed by atoms with E-state index in [1.807, 2.05) is 24.0 Å². The van der Waals surface area contributed by atoms with Crippen molar-refractivity contribution in [3.05, 3.63) is 48.3 Å². The highest BCUT2D eigenvalue weighted by atomic mass is 16.5. The van der Waals surface area contributed by atoms with Crippen molar-refractivity contribution in [2.75, 3.05) is 33.9 Å². The van der Waals surface area contributed by atoms with Crippen molar-refractivity contribution in [1.82, 2.24) is 20.4 Å². The van der Waals surface area contributed by atoms with Gasteiger partial charge in [0.1, 0.15) is 0 Å². The van der Waals surface area contributed by atoms with Gasteiger partial charge in [-0.2, -0.15) is 5.10 Å². The Bertz CT molecular complexity index is 705. The van der Waals surface area contributed by atoms with E-state index < -0.39 is 0 Å². The summed E-state index contributed by atoms with van der Waals surface area (Å²) in [6.45, 7) is 2.66. The van der Waals surface area contributed by atoms with Crippen molar-refractivity contribution in [2.24, 2.45) is 10.4 Å². The zero-order valence-electron chi connectivity index (χ0n) is 16.4. The maximum Gasteiger partial charge on any atom is 0.191 e. The molecule has 1 aromatic carbocycles. The SMILES string of the molecule is CN=C(NCCc1ccc(-n2cccn2)cc1)NCC1(CCOC)CCC1. The lowest BCUT2D eigenvalue weighted by molar-refractivity contribution is 0.0732. The Morgan fingerprint density at radius 1 is 1.26 bits per heavy atom. The number of hydrogen-bond donors (Lipinski definition) is 2. The zero-order chi connectivity index (χ0) is 19.0. The minimum absolute atomic E-state index is 0.385. The fourth-order valence-corrected chi connectivity index (χ4v) is 3.56. The van der Waals surface area contributed by atoms with Crippen LogP contribution in [0.1, 0.15) is 31.2 Å². The van der Waals surface area contributed by atoms with Gasteiger partial charge in [-0.3, -0.25) is 4.99 Å². The van der Waals surface area contributed by atoms with Gasteiger partial charge < -0.3 is 15.4 Å². The number of guanidine groups is 1. The predicted octanol–water partition coefficient (Wildman–Crippen LogP) is 2.79. The maximum absolute atomic E-state index is 5.27. The number of rotatable bonds is 9. The van der Waals surface area contributed by atoms with E-state index in [-0.39, 0.29) is 0 Å². The van der Waals surface area contributed by atoms with Crippen molar-refractivity contribution in [3.63, 3.8) is 0 Å². The van der Waals surface area contributed by atoms with E-state index in [0.717, 1.165) is 44.2 Å². The molecule has 6 nitrogen and oxygen atoms in total. The number of benzene rings is 1. The molecular weight excluding hydrogens is 338 g/mol. The maximum atomic E-state index is 5.27. The van der Waals surface area contributed by atoms with Crippen LogP contribution in [-0.2, 0) is 11.2 Å². The summed E-state index contributed by atoms with van der Waals surface area (Å²) in [5, 5.41) is 11.2.